The van der Waals surface area contributed by atoms with Crippen LogP contribution in [0.15, 0.2) is 28.7 Å². The molecule has 1 amide bonds. The number of nitrogens with zero attached hydrogens (tertiary/aromatic N) is 1. The molecule has 1 aromatic carbocycles. The average Bonchev–Trinajstić information content (AvgIpc) is 2.41. The first-order valence-electron chi connectivity index (χ1n) is 7.24. The second-order valence-corrected chi connectivity index (χ2v) is 6.69. The van der Waals surface area contributed by atoms with Crippen molar-refractivity contribution >= 4 is 21.8 Å². The summed E-state index contributed by atoms with van der Waals surface area (Å²) in [5.74, 6) is 0.682. The molecule has 1 N–H and O–H groups in total. The number of nitrogens with one attached hydrogen (secondary N) is 1. The van der Waals surface area contributed by atoms with Crippen LogP contribution in [-0.4, -0.2) is 29.9 Å². The van der Waals surface area contributed by atoms with Gasteiger partial charge < -0.3 is 10.2 Å². The number of hydrogen-bond acceptors (Lipinski definition) is 2. The van der Waals surface area contributed by atoms with Gasteiger partial charge in [0.15, 0.2) is 0 Å². The summed E-state index contributed by atoms with van der Waals surface area (Å²) >= 11 is 3.46. The number of halogens is 1. The number of rotatable bonds is 3. The van der Waals surface area contributed by atoms with E-state index < -0.39 is 0 Å². The Bertz CT molecular complexity index is 460. The van der Waals surface area contributed by atoms with E-state index in [0.29, 0.717) is 18.0 Å². The molecule has 2 rings (SSSR count). The molecule has 0 bridgehead atoms. The molecule has 1 saturated heterocycles. The number of hydrogen-bond donors (Lipinski definition) is 1. The van der Waals surface area contributed by atoms with Crippen molar-refractivity contribution in [2.75, 3.05) is 13.1 Å². The van der Waals surface area contributed by atoms with Crippen LogP contribution >= 0.6 is 15.9 Å². The maximum Gasteiger partial charge on any atom is 0.219 e. The van der Waals surface area contributed by atoms with E-state index in [9.17, 15) is 4.79 Å². The van der Waals surface area contributed by atoms with Crippen LogP contribution < -0.4 is 5.32 Å². The predicted molar refractivity (Wildman–Crippen MR) is 85.5 cm³/mol. The van der Waals surface area contributed by atoms with Crippen molar-refractivity contribution in [3.05, 3.63) is 34.3 Å². The number of piperidine rings is 1. The summed E-state index contributed by atoms with van der Waals surface area (Å²) in [6.07, 6.45) is 1.03. The van der Waals surface area contributed by atoms with Crippen LogP contribution in [0.4, 0.5) is 0 Å². The second kappa shape index (κ2) is 6.72. The molecule has 20 heavy (non-hydrogen) atoms. The standard InChI is InChI=1S/C16H23BrN2O/c1-11-10-19(13(3)20)9-8-16(11)18-12(2)14-4-6-15(17)7-5-14/h4-7,11-12,16,18H,8-10H2,1-3H3/t11-,12+,16-/m0/s1. The predicted octanol–water partition coefficient (Wildman–Crippen LogP) is 3.36. The van der Waals surface area contributed by atoms with Crippen LogP contribution in [0.25, 0.3) is 0 Å². The van der Waals surface area contributed by atoms with Gasteiger partial charge in [-0.3, -0.25) is 4.79 Å². The molecule has 1 aliphatic rings. The van der Waals surface area contributed by atoms with Crippen LogP contribution in [0.3, 0.4) is 0 Å². The van der Waals surface area contributed by atoms with Gasteiger partial charge in [0.25, 0.3) is 0 Å². The van der Waals surface area contributed by atoms with Gasteiger partial charge >= 0.3 is 0 Å². The van der Waals surface area contributed by atoms with Gasteiger partial charge in [0.05, 0.1) is 0 Å². The lowest BCUT2D eigenvalue weighted by Gasteiger charge is -2.38. The minimum atomic E-state index is 0.191. The monoisotopic (exact) mass is 338 g/mol. The van der Waals surface area contributed by atoms with Gasteiger partial charge in [-0.1, -0.05) is 35.0 Å². The smallest absolute Gasteiger partial charge is 0.219 e. The molecule has 0 spiro atoms. The number of carbonyl (C=O) groups excluding carboxylic acids is 1. The SMILES string of the molecule is CC(=O)N1CC[C@H](N[C@H](C)c2ccc(Br)cc2)[C@@H](C)C1. The molecule has 1 fully saturated rings. The molecule has 3 nitrogen and oxygen atoms in total. The summed E-state index contributed by atoms with van der Waals surface area (Å²) in [7, 11) is 0. The van der Waals surface area contributed by atoms with Crippen molar-refractivity contribution < 1.29 is 4.79 Å². The van der Waals surface area contributed by atoms with Gasteiger partial charge in [-0.05, 0) is 37.0 Å². The molecule has 3 atom stereocenters. The third-order valence-corrected chi connectivity index (χ3v) is 4.71. The molecule has 0 radical (unpaired) electrons. The van der Waals surface area contributed by atoms with Crippen molar-refractivity contribution in [3.8, 4) is 0 Å². The molecule has 0 aromatic heterocycles. The Morgan fingerprint density at radius 3 is 2.60 bits per heavy atom. The van der Waals surface area contributed by atoms with Gasteiger partial charge in [0, 0.05) is 36.6 Å². The van der Waals surface area contributed by atoms with E-state index in [4.69, 9.17) is 0 Å². The fraction of sp³-hybridized carbons (Fsp3) is 0.562. The molecule has 4 heteroatoms. The zero-order valence-electron chi connectivity index (χ0n) is 12.4. The molecule has 1 aliphatic heterocycles. The van der Waals surface area contributed by atoms with Crippen molar-refractivity contribution in [2.45, 2.75) is 39.3 Å². The van der Waals surface area contributed by atoms with Crippen LogP contribution in [-0.2, 0) is 4.79 Å². The first-order chi connectivity index (χ1) is 9.47. The van der Waals surface area contributed by atoms with E-state index in [1.807, 2.05) is 4.90 Å². The summed E-state index contributed by atoms with van der Waals surface area (Å²) in [5.41, 5.74) is 1.30. The highest BCUT2D eigenvalue weighted by Crippen LogP contribution is 2.22. The molecule has 0 aliphatic carbocycles. The van der Waals surface area contributed by atoms with Crippen LogP contribution in [0, 0.1) is 5.92 Å². The molecular formula is C16H23BrN2O. The Morgan fingerprint density at radius 2 is 2.05 bits per heavy atom. The molecule has 1 heterocycles. The van der Waals surface area contributed by atoms with Crippen molar-refractivity contribution in [3.63, 3.8) is 0 Å². The second-order valence-electron chi connectivity index (χ2n) is 5.78. The topological polar surface area (TPSA) is 32.3 Å². The fourth-order valence-electron chi connectivity index (χ4n) is 2.85. The highest BCUT2D eigenvalue weighted by molar-refractivity contribution is 9.10. The Hall–Kier alpha value is -0.870. The van der Waals surface area contributed by atoms with Crippen LogP contribution in [0.2, 0.25) is 0 Å². The minimum Gasteiger partial charge on any atom is -0.343 e. The first kappa shape index (κ1) is 15.5. The lowest BCUT2D eigenvalue weighted by atomic mass is 9.92. The largest absolute Gasteiger partial charge is 0.343 e. The van der Waals surface area contributed by atoms with E-state index in [-0.39, 0.29) is 5.91 Å². The molecular weight excluding hydrogens is 316 g/mol. The van der Waals surface area contributed by atoms with Gasteiger partial charge in [-0.15, -0.1) is 0 Å². The van der Waals surface area contributed by atoms with Crippen molar-refractivity contribution in [1.29, 1.82) is 0 Å². The van der Waals surface area contributed by atoms with Gasteiger partial charge in [0.2, 0.25) is 5.91 Å². The van der Waals surface area contributed by atoms with Crippen LogP contribution in [0.5, 0.6) is 0 Å². The van der Waals surface area contributed by atoms with Crippen molar-refractivity contribution in [2.24, 2.45) is 5.92 Å². The maximum absolute atomic E-state index is 11.4. The van der Waals surface area contributed by atoms with E-state index in [1.54, 1.807) is 6.92 Å². The third kappa shape index (κ3) is 3.83. The van der Waals surface area contributed by atoms with Crippen molar-refractivity contribution in [1.82, 2.24) is 10.2 Å². The van der Waals surface area contributed by atoms with Gasteiger partial charge in [0.1, 0.15) is 0 Å². The number of carbonyl (C=O) groups is 1. The molecule has 110 valence electrons. The highest BCUT2D eigenvalue weighted by Gasteiger charge is 2.28. The Kier molecular flexibility index (Phi) is 5.22. The summed E-state index contributed by atoms with van der Waals surface area (Å²) in [6.45, 7) is 7.81. The number of amides is 1. The molecule has 0 saturated carbocycles. The highest BCUT2D eigenvalue weighted by atomic mass is 79.9. The van der Waals surface area contributed by atoms with Crippen LogP contribution in [0.1, 0.15) is 38.8 Å². The normalized spacial score (nSPS) is 24.5. The summed E-state index contributed by atoms with van der Waals surface area (Å²) in [4.78, 5) is 13.4. The summed E-state index contributed by atoms with van der Waals surface area (Å²) in [5, 5.41) is 3.71. The Morgan fingerprint density at radius 1 is 1.40 bits per heavy atom. The third-order valence-electron chi connectivity index (χ3n) is 4.18. The number of likely N-dealkylation sites (tertiary alicyclic amines) is 1. The quantitative estimate of drug-likeness (QED) is 0.916. The number of benzene rings is 1. The Labute approximate surface area is 129 Å². The van der Waals surface area contributed by atoms with Gasteiger partial charge in [-0.25, -0.2) is 0 Å². The lowest BCUT2D eigenvalue weighted by Crippen LogP contribution is -2.50. The fourth-order valence-corrected chi connectivity index (χ4v) is 3.11. The lowest BCUT2D eigenvalue weighted by molar-refractivity contribution is -0.130. The molecule has 1 aromatic rings. The summed E-state index contributed by atoms with van der Waals surface area (Å²) in [6, 6.07) is 9.27. The van der Waals surface area contributed by atoms with Gasteiger partial charge in [-0.2, -0.15) is 0 Å². The van der Waals surface area contributed by atoms with E-state index in [2.05, 4.69) is 59.4 Å². The molecule has 0 unspecified atom stereocenters. The van der Waals surface area contributed by atoms with E-state index >= 15 is 0 Å². The maximum atomic E-state index is 11.4. The average molecular weight is 339 g/mol. The minimum absolute atomic E-state index is 0.191. The van der Waals surface area contributed by atoms with E-state index in [1.165, 1.54) is 5.56 Å². The first-order valence-corrected chi connectivity index (χ1v) is 8.03. The van der Waals surface area contributed by atoms with E-state index in [0.717, 1.165) is 24.0 Å². The Balaban J connectivity index is 1.93. The summed E-state index contributed by atoms with van der Waals surface area (Å²) < 4.78 is 1.11. The zero-order chi connectivity index (χ0) is 14.7. The zero-order valence-corrected chi connectivity index (χ0v) is 14.0.